The van der Waals surface area contributed by atoms with Crippen molar-refractivity contribution in [2.75, 3.05) is 25.7 Å². The first-order chi connectivity index (χ1) is 12.4. The van der Waals surface area contributed by atoms with Gasteiger partial charge in [-0.2, -0.15) is 0 Å². The van der Waals surface area contributed by atoms with Crippen molar-refractivity contribution in [3.63, 3.8) is 0 Å². The summed E-state index contributed by atoms with van der Waals surface area (Å²) in [5.74, 6) is -1.44. The Bertz CT molecular complexity index is 893. The number of amides is 2. The van der Waals surface area contributed by atoms with Crippen LogP contribution in [0.4, 0.5) is 5.69 Å². The molecule has 134 valence electrons. The van der Waals surface area contributed by atoms with Gasteiger partial charge >= 0.3 is 5.97 Å². The number of methoxy groups -OCH3 is 1. The molecule has 1 N–H and O–H groups in total. The summed E-state index contributed by atoms with van der Waals surface area (Å²) in [6.45, 7) is 0.109. The molecule has 2 aromatic carbocycles. The Morgan fingerprint density at radius 2 is 1.88 bits per heavy atom. The van der Waals surface area contributed by atoms with Crippen LogP contribution in [0.25, 0.3) is 0 Å². The quantitative estimate of drug-likeness (QED) is 0.911. The van der Waals surface area contributed by atoms with Crippen molar-refractivity contribution in [2.24, 2.45) is 0 Å². The van der Waals surface area contributed by atoms with E-state index in [0.29, 0.717) is 5.69 Å². The number of carboxylic acid groups (broad SMARTS) is 1. The number of hydrogen-bond acceptors (Lipinski definition) is 4. The van der Waals surface area contributed by atoms with Crippen LogP contribution in [0.5, 0.6) is 5.75 Å². The fourth-order valence-corrected chi connectivity index (χ4v) is 2.92. The number of para-hydroxylation sites is 1. The number of carbonyl (C=O) groups is 3. The molecule has 3 rings (SSSR count). The zero-order valence-electron chi connectivity index (χ0n) is 14.4. The second kappa shape index (κ2) is 6.87. The number of fused-ring (bicyclic) bond motifs is 1. The summed E-state index contributed by atoms with van der Waals surface area (Å²) >= 11 is 0. The first kappa shape index (κ1) is 17.5. The molecule has 0 aliphatic carbocycles. The molecule has 0 bridgehead atoms. The lowest BCUT2D eigenvalue weighted by molar-refractivity contribution is -0.128. The Hall–Kier alpha value is -3.35. The number of anilines is 1. The summed E-state index contributed by atoms with van der Waals surface area (Å²) in [6.07, 6.45) is 0.220. The summed E-state index contributed by atoms with van der Waals surface area (Å²) in [5, 5.41) is 9.19. The first-order valence-electron chi connectivity index (χ1n) is 7.97. The number of ether oxygens (including phenoxy) is 1. The topological polar surface area (TPSA) is 87.2 Å². The largest absolute Gasteiger partial charge is 0.496 e. The van der Waals surface area contributed by atoms with Crippen molar-refractivity contribution in [3.8, 4) is 5.75 Å². The molecular formula is C19H18N2O5. The van der Waals surface area contributed by atoms with Gasteiger partial charge in [0, 0.05) is 18.3 Å². The lowest BCUT2D eigenvalue weighted by atomic mass is 10.1. The van der Waals surface area contributed by atoms with E-state index in [2.05, 4.69) is 0 Å². The molecule has 0 aromatic heterocycles. The smallest absolute Gasteiger partial charge is 0.339 e. The second-order valence-electron chi connectivity index (χ2n) is 5.99. The van der Waals surface area contributed by atoms with Gasteiger partial charge < -0.3 is 14.7 Å². The highest BCUT2D eigenvalue weighted by Crippen LogP contribution is 2.28. The average Bonchev–Trinajstić information content (AvgIpc) is 2.77. The molecule has 1 heterocycles. The molecule has 7 nitrogen and oxygen atoms in total. The van der Waals surface area contributed by atoms with Crippen molar-refractivity contribution in [1.82, 2.24) is 4.90 Å². The van der Waals surface area contributed by atoms with Gasteiger partial charge in [-0.3, -0.25) is 14.5 Å². The summed E-state index contributed by atoms with van der Waals surface area (Å²) in [7, 11) is 2.99. The van der Waals surface area contributed by atoms with Crippen molar-refractivity contribution < 1.29 is 24.2 Å². The number of aromatic carboxylic acids is 1. The van der Waals surface area contributed by atoms with Crippen molar-refractivity contribution in [1.29, 1.82) is 0 Å². The maximum atomic E-state index is 13.1. The van der Waals surface area contributed by atoms with Crippen LogP contribution in [-0.2, 0) is 11.2 Å². The highest BCUT2D eigenvalue weighted by molar-refractivity contribution is 6.08. The van der Waals surface area contributed by atoms with E-state index < -0.39 is 5.97 Å². The van der Waals surface area contributed by atoms with Crippen molar-refractivity contribution in [2.45, 2.75) is 6.42 Å². The van der Waals surface area contributed by atoms with Crippen LogP contribution in [0.1, 0.15) is 26.3 Å². The molecular weight excluding hydrogens is 336 g/mol. The van der Waals surface area contributed by atoms with Gasteiger partial charge in [0.25, 0.3) is 5.91 Å². The average molecular weight is 354 g/mol. The van der Waals surface area contributed by atoms with Gasteiger partial charge in [-0.05, 0) is 29.8 Å². The lowest BCUT2D eigenvalue weighted by Crippen LogP contribution is -2.41. The monoisotopic (exact) mass is 354 g/mol. The number of carboxylic acids is 1. The Morgan fingerprint density at radius 1 is 1.15 bits per heavy atom. The molecule has 2 aromatic rings. The van der Waals surface area contributed by atoms with Gasteiger partial charge in [0.1, 0.15) is 18.0 Å². The number of hydrogen-bond donors (Lipinski definition) is 1. The van der Waals surface area contributed by atoms with Gasteiger partial charge in [0.15, 0.2) is 0 Å². The SMILES string of the molecule is COc1cc(C(=O)N2CN(C)C(=O)Cc3ccccc32)ccc1C(=O)O. The van der Waals surface area contributed by atoms with E-state index in [9.17, 15) is 19.5 Å². The fourth-order valence-electron chi connectivity index (χ4n) is 2.92. The number of rotatable bonds is 3. The highest BCUT2D eigenvalue weighted by atomic mass is 16.5. The number of nitrogens with zero attached hydrogens (tertiary/aromatic N) is 2. The Balaban J connectivity index is 2.04. The van der Waals surface area contributed by atoms with E-state index in [1.807, 2.05) is 18.2 Å². The summed E-state index contributed by atoms with van der Waals surface area (Å²) in [5.41, 5.74) is 1.69. The fraction of sp³-hybridized carbons (Fsp3) is 0.211. The van der Waals surface area contributed by atoms with Crippen LogP contribution in [0.15, 0.2) is 42.5 Å². The third-order valence-corrected chi connectivity index (χ3v) is 4.33. The third-order valence-electron chi connectivity index (χ3n) is 4.33. The van der Waals surface area contributed by atoms with E-state index in [1.165, 1.54) is 35.1 Å². The lowest BCUT2D eigenvalue weighted by Gasteiger charge is -2.26. The normalized spacial score (nSPS) is 13.8. The molecule has 0 unspecified atom stereocenters. The molecule has 0 saturated carbocycles. The third kappa shape index (κ3) is 3.11. The maximum absolute atomic E-state index is 13.1. The minimum atomic E-state index is -1.13. The summed E-state index contributed by atoms with van der Waals surface area (Å²) in [4.78, 5) is 39.5. The van der Waals surface area contributed by atoms with Crippen LogP contribution >= 0.6 is 0 Å². The molecule has 0 spiro atoms. The Kier molecular flexibility index (Phi) is 4.62. The van der Waals surface area contributed by atoms with Crippen LogP contribution < -0.4 is 9.64 Å². The predicted molar refractivity (Wildman–Crippen MR) is 94.5 cm³/mol. The number of carbonyl (C=O) groups excluding carboxylic acids is 2. The predicted octanol–water partition coefficient (Wildman–Crippen LogP) is 2.01. The Labute approximate surface area is 150 Å². The maximum Gasteiger partial charge on any atom is 0.339 e. The molecule has 0 radical (unpaired) electrons. The highest BCUT2D eigenvalue weighted by Gasteiger charge is 2.28. The van der Waals surface area contributed by atoms with Gasteiger partial charge in [-0.25, -0.2) is 4.79 Å². The Morgan fingerprint density at radius 3 is 2.58 bits per heavy atom. The van der Waals surface area contributed by atoms with E-state index in [1.54, 1.807) is 13.1 Å². The van der Waals surface area contributed by atoms with Crippen molar-refractivity contribution in [3.05, 3.63) is 59.2 Å². The van der Waals surface area contributed by atoms with Gasteiger partial charge in [-0.1, -0.05) is 18.2 Å². The van der Waals surface area contributed by atoms with Crippen LogP contribution in [0.3, 0.4) is 0 Å². The molecule has 1 aliphatic heterocycles. The van der Waals surface area contributed by atoms with Gasteiger partial charge in [-0.15, -0.1) is 0 Å². The second-order valence-corrected chi connectivity index (χ2v) is 5.99. The van der Waals surface area contributed by atoms with E-state index in [4.69, 9.17) is 4.74 Å². The van der Waals surface area contributed by atoms with Crippen molar-refractivity contribution >= 4 is 23.5 Å². The van der Waals surface area contributed by atoms with E-state index in [0.717, 1.165) is 5.56 Å². The zero-order valence-corrected chi connectivity index (χ0v) is 14.4. The molecule has 0 atom stereocenters. The number of likely N-dealkylation sites (N-methyl/N-ethyl adjacent to an activating group) is 1. The minimum absolute atomic E-state index is 0.0207. The van der Waals surface area contributed by atoms with E-state index in [-0.39, 0.29) is 41.8 Å². The van der Waals surface area contributed by atoms with Gasteiger partial charge in [0.2, 0.25) is 5.91 Å². The molecule has 7 heteroatoms. The summed E-state index contributed by atoms with van der Waals surface area (Å²) < 4.78 is 5.10. The first-order valence-corrected chi connectivity index (χ1v) is 7.97. The van der Waals surface area contributed by atoms with E-state index >= 15 is 0 Å². The molecule has 2 amide bonds. The zero-order chi connectivity index (χ0) is 18.8. The minimum Gasteiger partial charge on any atom is -0.496 e. The van der Waals surface area contributed by atoms with Crippen LogP contribution in [-0.4, -0.2) is 48.6 Å². The summed E-state index contributed by atoms with van der Waals surface area (Å²) in [6, 6.07) is 11.4. The van der Waals surface area contributed by atoms with Gasteiger partial charge in [0.05, 0.1) is 13.5 Å². The standard InChI is InChI=1S/C19H18N2O5/c1-20-11-21(15-6-4-3-5-12(15)10-17(20)22)18(23)13-7-8-14(19(24)25)16(9-13)26-2/h3-9H,10-11H2,1-2H3,(H,24,25). The number of benzene rings is 2. The van der Waals surface area contributed by atoms with Crippen LogP contribution in [0, 0.1) is 0 Å². The van der Waals surface area contributed by atoms with Crippen LogP contribution in [0.2, 0.25) is 0 Å². The molecule has 1 aliphatic rings. The molecule has 0 fully saturated rings. The molecule has 26 heavy (non-hydrogen) atoms. The molecule has 0 saturated heterocycles.